The Bertz CT molecular complexity index is 986. The van der Waals surface area contributed by atoms with Gasteiger partial charge in [-0.25, -0.2) is 0 Å². The van der Waals surface area contributed by atoms with E-state index in [0.717, 1.165) is 11.3 Å². The maximum absolute atomic E-state index is 12.8. The number of nitrogens with one attached hydrogen (secondary N) is 2. The molecule has 3 amide bonds. The Hall–Kier alpha value is -2.42. The van der Waals surface area contributed by atoms with Gasteiger partial charge in [-0.3, -0.25) is 14.4 Å². The van der Waals surface area contributed by atoms with E-state index >= 15 is 0 Å². The van der Waals surface area contributed by atoms with Crippen LogP contribution in [0.15, 0.2) is 30.3 Å². The van der Waals surface area contributed by atoms with Crippen molar-refractivity contribution in [1.82, 2.24) is 5.32 Å². The number of hydrogen-bond acceptors (Lipinski definition) is 5. The number of rotatable bonds is 5. The third kappa shape index (κ3) is 4.14. The molecule has 1 aromatic heterocycles. The lowest BCUT2D eigenvalue weighted by Crippen LogP contribution is -2.46. The second-order valence-electron chi connectivity index (χ2n) is 7.19. The molecule has 0 radical (unpaired) electrons. The molecule has 0 atom stereocenters. The highest BCUT2D eigenvalue weighted by atomic mass is 35.5. The highest BCUT2D eigenvalue weighted by Crippen LogP contribution is 2.37. The van der Waals surface area contributed by atoms with Crippen LogP contribution in [0, 0.1) is 6.92 Å². The van der Waals surface area contributed by atoms with Crippen molar-refractivity contribution in [2.75, 3.05) is 30.0 Å². The average Bonchev–Trinajstić information content (AvgIpc) is 3.34. The first-order chi connectivity index (χ1) is 13.9. The van der Waals surface area contributed by atoms with Crippen LogP contribution < -0.4 is 15.5 Å². The van der Waals surface area contributed by atoms with E-state index < -0.39 is 5.54 Å². The smallest absolute Gasteiger partial charge is 0.262 e. The van der Waals surface area contributed by atoms with Gasteiger partial charge in [-0.1, -0.05) is 11.6 Å². The van der Waals surface area contributed by atoms with Gasteiger partial charge in [0.25, 0.3) is 11.8 Å². The Morgan fingerprint density at radius 1 is 1.24 bits per heavy atom. The number of hydrogen-bond donors (Lipinski definition) is 2. The van der Waals surface area contributed by atoms with E-state index in [1.807, 2.05) is 19.1 Å². The van der Waals surface area contributed by atoms with Crippen LogP contribution in [-0.4, -0.2) is 43.0 Å². The summed E-state index contributed by atoms with van der Waals surface area (Å²) in [7, 11) is 0. The maximum Gasteiger partial charge on any atom is 0.262 e. The number of carbonyl (C=O) groups is 3. The fourth-order valence-electron chi connectivity index (χ4n) is 3.31. The zero-order valence-corrected chi connectivity index (χ0v) is 17.4. The summed E-state index contributed by atoms with van der Waals surface area (Å²) in [6.45, 7) is 2.98. The molecular weight excluding hydrogens is 414 g/mol. The quantitative estimate of drug-likeness (QED) is 0.758. The summed E-state index contributed by atoms with van der Waals surface area (Å²) in [5, 5.41) is 5.72. The van der Waals surface area contributed by atoms with E-state index in [1.54, 1.807) is 23.1 Å². The highest BCUT2D eigenvalue weighted by Gasteiger charge is 2.51. The molecule has 152 valence electrons. The summed E-state index contributed by atoms with van der Waals surface area (Å²) in [6.07, 6.45) is 1.17. The zero-order valence-electron chi connectivity index (χ0n) is 15.8. The zero-order chi connectivity index (χ0) is 20.6. The van der Waals surface area contributed by atoms with Crippen molar-refractivity contribution >= 4 is 52.0 Å². The van der Waals surface area contributed by atoms with Gasteiger partial charge in [-0.15, -0.1) is 11.3 Å². The minimum Gasteiger partial charge on any atom is -0.370 e. The number of anilines is 2. The Morgan fingerprint density at radius 2 is 2.03 bits per heavy atom. The molecule has 29 heavy (non-hydrogen) atoms. The Labute approximate surface area is 177 Å². The largest absolute Gasteiger partial charge is 0.370 e. The molecule has 7 nitrogen and oxygen atoms in total. The molecule has 0 unspecified atom stereocenters. The van der Waals surface area contributed by atoms with E-state index in [0.29, 0.717) is 40.9 Å². The molecule has 9 heteroatoms. The predicted octanol–water partition coefficient (Wildman–Crippen LogP) is 2.97. The fourth-order valence-corrected chi connectivity index (χ4v) is 4.25. The molecule has 2 aliphatic rings. The van der Waals surface area contributed by atoms with Crippen molar-refractivity contribution in [3.63, 3.8) is 0 Å². The predicted molar refractivity (Wildman–Crippen MR) is 112 cm³/mol. The second-order valence-corrected chi connectivity index (χ2v) is 8.91. The number of thiophene rings is 1. The minimum absolute atomic E-state index is 0.0790. The molecule has 1 saturated carbocycles. The summed E-state index contributed by atoms with van der Waals surface area (Å²) >= 11 is 7.06. The molecule has 1 aliphatic carbocycles. The van der Waals surface area contributed by atoms with Gasteiger partial charge in [-0.05, 0) is 55.7 Å². The molecule has 0 spiro atoms. The van der Waals surface area contributed by atoms with Crippen LogP contribution in [-0.2, 0) is 14.3 Å². The third-order valence-electron chi connectivity index (χ3n) is 5.07. The minimum atomic E-state index is -0.889. The van der Waals surface area contributed by atoms with E-state index in [-0.39, 0.29) is 24.3 Å². The average molecular weight is 434 g/mol. The van der Waals surface area contributed by atoms with Gasteiger partial charge in [-0.2, -0.15) is 0 Å². The van der Waals surface area contributed by atoms with Crippen molar-refractivity contribution < 1.29 is 19.1 Å². The summed E-state index contributed by atoms with van der Waals surface area (Å²) in [5.74, 6) is -0.625. The van der Waals surface area contributed by atoms with E-state index in [9.17, 15) is 14.4 Å². The van der Waals surface area contributed by atoms with Crippen molar-refractivity contribution in [1.29, 1.82) is 0 Å². The van der Waals surface area contributed by atoms with Crippen LogP contribution in [0.2, 0.25) is 4.34 Å². The number of morpholine rings is 1. The van der Waals surface area contributed by atoms with Crippen molar-refractivity contribution in [3.05, 3.63) is 45.1 Å². The van der Waals surface area contributed by atoms with E-state index in [1.165, 1.54) is 11.3 Å². The molecule has 0 bridgehead atoms. The van der Waals surface area contributed by atoms with Crippen LogP contribution in [0.25, 0.3) is 0 Å². The summed E-state index contributed by atoms with van der Waals surface area (Å²) in [5.41, 5.74) is 1.41. The number of nitrogens with zero attached hydrogens (tertiary/aromatic N) is 1. The van der Waals surface area contributed by atoms with Crippen molar-refractivity contribution in [2.24, 2.45) is 0 Å². The first kappa shape index (κ1) is 19.9. The number of ether oxygens (including phenoxy) is 1. The van der Waals surface area contributed by atoms with Gasteiger partial charge in [0.1, 0.15) is 12.1 Å². The Balaban J connectivity index is 1.43. The molecule has 1 aromatic carbocycles. The van der Waals surface area contributed by atoms with Gasteiger partial charge < -0.3 is 20.3 Å². The van der Waals surface area contributed by atoms with E-state index in [2.05, 4.69) is 10.6 Å². The van der Waals surface area contributed by atoms with Crippen LogP contribution in [0.4, 0.5) is 11.4 Å². The lowest BCUT2D eigenvalue weighted by atomic mass is 10.1. The third-order valence-corrected chi connectivity index (χ3v) is 6.30. The van der Waals surface area contributed by atoms with Crippen molar-refractivity contribution in [3.8, 4) is 0 Å². The molecule has 2 aromatic rings. The topological polar surface area (TPSA) is 87.7 Å². The number of benzene rings is 1. The normalized spacial score (nSPS) is 17.7. The maximum atomic E-state index is 12.8. The lowest BCUT2D eigenvalue weighted by molar-refractivity contribution is -0.125. The monoisotopic (exact) mass is 433 g/mol. The number of aryl methyl sites for hydroxylation is 1. The standard InChI is InChI=1S/C20H20ClN3O4S/c1-12-10-13(2-3-14(12)24-8-9-28-11-17(24)25)22-19(27)20(6-7-20)23-18(26)15-4-5-16(21)29-15/h2-5,10H,6-9,11H2,1H3,(H,22,27)(H,23,26). The Kier molecular flexibility index (Phi) is 5.33. The molecule has 2 fully saturated rings. The summed E-state index contributed by atoms with van der Waals surface area (Å²) in [4.78, 5) is 39.4. The van der Waals surface area contributed by atoms with Gasteiger partial charge in [0, 0.05) is 17.9 Å². The molecule has 4 rings (SSSR count). The van der Waals surface area contributed by atoms with Crippen LogP contribution in [0.3, 0.4) is 0 Å². The SMILES string of the molecule is Cc1cc(NC(=O)C2(NC(=O)c3ccc(Cl)s3)CC2)ccc1N1CCOCC1=O. The van der Waals surface area contributed by atoms with Crippen LogP contribution >= 0.6 is 22.9 Å². The van der Waals surface area contributed by atoms with Crippen LogP contribution in [0.5, 0.6) is 0 Å². The highest BCUT2D eigenvalue weighted by molar-refractivity contribution is 7.18. The first-order valence-corrected chi connectivity index (χ1v) is 10.5. The summed E-state index contributed by atoms with van der Waals surface area (Å²) < 4.78 is 5.70. The summed E-state index contributed by atoms with van der Waals surface area (Å²) in [6, 6.07) is 8.71. The number of amides is 3. The van der Waals surface area contributed by atoms with E-state index in [4.69, 9.17) is 16.3 Å². The molecular formula is C20H20ClN3O4S. The molecule has 2 heterocycles. The van der Waals surface area contributed by atoms with Crippen LogP contribution in [0.1, 0.15) is 28.1 Å². The number of carbonyl (C=O) groups excluding carboxylic acids is 3. The van der Waals surface area contributed by atoms with Crippen molar-refractivity contribution in [2.45, 2.75) is 25.3 Å². The molecule has 1 aliphatic heterocycles. The second kappa shape index (κ2) is 7.78. The molecule has 2 N–H and O–H groups in total. The number of halogens is 1. The fraction of sp³-hybridized carbons (Fsp3) is 0.350. The first-order valence-electron chi connectivity index (χ1n) is 9.26. The molecule has 1 saturated heterocycles. The van der Waals surface area contributed by atoms with Gasteiger partial charge in [0.15, 0.2) is 0 Å². The van der Waals surface area contributed by atoms with Gasteiger partial charge >= 0.3 is 0 Å². The lowest BCUT2D eigenvalue weighted by Gasteiger charge is -2.28. The van der Waals surface area contributed by atoms with Gasteiger partial charge in [0.05, 0.1) is 15.8 Å². The van der Waals surface area contributed by atoms with Gasteiger partial charge in [0.2, 0.25) is 5.91 Å². The Morgan fingerprint density at radius 3 is 2.66 bits per heavy atom.